The van der Waals surface area contributed by atoms with E-state index in [0.717, 1.165) is 33.0 Å². The molecule has 2 heterocycles. The maximum atomic E-state index is 5.87. The minimum absolute atomic E-state index is 0.0317. The van der Waals surface area contributed by atoms with Crippen LogP contribution in [-0.4, -0.2) is 34.4 Å². The van der Waals surface area contributed by atoms with E-state index in [0.29, 0.717) is 18.4 Å². The highest BCUT2D eigenvalue weighted by Crippen LogP contribution is 2.23. The van der Waals surface area contributed by atoms with Crippen molar-refractivity contribution in [3.63, 3.8) is 0 Å². The van der Waals surface area contributed by atoms with Crippen molar-refractivity contribution >= 4 is 45.7 Å². The predicted molar refractivity (Wildman–Crippen MR) is 143 cm³/mol. The number of methoxy groups -OCH3 is 1. The Hall–Kier alpha value is -4.12. The van der Waals surface area contributed by atoms with Gasteiger partial charge >= 0.3 is 0 Å². The first kappa shape index (κ1) is 25.0. The summed E-state index contributed by atoms with van der Waals surface area (Å²) in [6.45, 7) is 4.36. The van der Waals surface area contributed by atoms with Crippen LogP contribution < -0.4 is 25.5 Å². The molecule has 0 bridgehead atoms. The first-order chi connectivity index (χ1) is 17.5. The zero-order valence-electron chi connectivity index (χ0n) is 20.0. The Labute approximate surface area is 217 Å². The number of furan rings is 1. The van der Waals surface area contributed by atoms with Crippen molar-refractivity contribution in [1.29, 1.82) is 0 Å². The number of hydrogen-bond donors (Lipinski definition) is 3. The number of hydrogen-bond acceptors (Lipinski definition) is 10. The van der Waals surface area contributed by atoms with Gasteiger partial charge in [0.25, 0.3) is 0 Å². The van der Waals surface area contributed by atoms with Crippen LogP contribution in [0.5, 0.6) is 11.5 Å². The zero-order valence-corrected chi connectivity index (χ0v) is 21.6. The summed E-state index contributed by atoms with van der Waals surface area (Å²) in [6, 6.07) is 16.8. The van der Waals surface area contributed by atoms with Gasteiger partial charge in [-0.25, -0.2) is 5.43 Å². The molecule has 0 atom stereocenters. The number of nitrogens with one attached hydrogen (secondary N) is 3. The molecule has 0 radical (unpaired) electrons. The van der Waals surface area contributed by atoms with Crippen molar-refractivity contribution in [2.75, 3.05) is 23.2 Å². The Kier molecular flexibility index (Phi) is 8.35. The molecule has 10 nitrogen and oxygen atoms in total. The molecule has 0 aliphatic heterocycles. The monoisotopic (exact) mass is 551 g/mol. The average molecular weight is 552 g/mol. The predicted octanol–water partition coefficient (Wildman–Crippen LogP) is 5.82. The van der Waals surface area contributed by atoms with E-state index in [4.69, 9.17) is 13.9 Å². The number of nitrogens with zero attached hydrogens (tertiary/aromatic N) is 4. The number of benzene rings is 2. The van der Waals surface area contributed by atoms with Crippen molar-refractivity contribution in [2.45, 2.75) is 26.5 Å². The van der Waals surface area contributed by atoms with E-state index in [9.17, 15) is 0 Å². The molecular weight excluding hydrogens is 526 g/mol. The number of aromatic nitrogens is 3. The van der Waals surface area contributed by atoms with Crippen LogP contribution in [0.15, 0.2) is 74.9 Å². The first-order valence-electron chi connectivity index (χ1n) is 11.2. The van der Waals surface area contributed by atoms with E-state index < -0.39 is 0 Å². The van der Waals surface area contributed by atoms with Crippen LogP contribution in [0.4, 0.5) is 23.5 Å². The molecule has 4 rings (SSSR count). The van der Waals surface area contributed by atoms with Gasteiger partial charge in [-0.3, -0.25) is 0 Å². The normalized spacial score (nSPS) is 11.0. The second kappa shape index (κ2) is 12.0. The smallest absolute Gasteiger partial charge is 0.250 e. The number of hydrazone groups is 1. The highest BCUT2D eigenvalue weighted by molar-refractivity contribution is 9.10. The molecule has 3 N–H and O–H groups in total. The average Bonchev–Trinajstić information content (AvgIpc) is 3.38. The maximum Gasteiger partial charge on any atom is 0.250 e. The number of ether oxygens (including phenoxy) is 2. The Bertz CT molecular complexity index is 1300. The Morgan fingerprint density at radius 1 is 1.03 bits per heavy atom. The summed E-state index contributed by atoms with van der Waals surface area (Å²) < 4.78 is 17.4. The quantitative estimate of drug-likeness (QED) is 0.156. The van der Waals surface area contributed by atoms with Gasteiger partial charge in [-0.1, -0.05) is 15.9 Å². The van der Waals surface area contributed by atoms with Crippen LogP contribution in [0, 0.1) is 0 Å². The van der Waals surface area contributed by atoms with Gasteiger partial charge in [0, 0.05) is 15.7 Å². The van der Waals surface area contributed by atoms with Crippen LogP contribution >= 0.6 is 15.9 Å². The summed E-state index contributed by atoms with van der Waals surface area (Å²) >= 11 is 3.49. The number of rotatable bonds is 11. The van der Waals surface area contributed by atoms with E-state index in [-0.39, 0.29) is 12.1 Å². The fourth-order valence-electron chi connectivity index (χ4n) is 3.08. The van der Waals surface area contributed by atoms with Crippen LogP contribution in [0.3, 0.4) is 0 Å². The zero-order chi connectivity index (χ0) is 25.3. The number of anilines is 4. The second-order valence-electron chi connectivity index (χ2n) is 7.81. The second-order valence-corrected chi connectivity index (χ2v) is 8.73. The summed E-state index contributed by atoms with van der Waals surface area (Å²) in [4.78, 5) is 13.3. The van der Waals surface area contributed by atoms with Crippen molar-refractivity contribution < 1.29 is 13.9 Å². The lowest BCUT2D eigenvalue weighted by Crippen LogP contribution is -2.10. The molecule has 2 aromatic carbocycles. The van der Waals surface area contributed by atoms with Crippen molar-refractivity contribution in [1.82, 2.24) is 15.0 Å². The Balaban J connectivity index is 1.54. The summed E-state index contributed by atoms with van der Waals surface area (Å²) in [5.41, 5.74) is 4.47. The molecule has 36 heavy (non-hydrogen) atoms. The first-order valence-corrected chi connectivity index (χ1v) is 12.0. The van der Waals surface area contributed by atoms with Gasteiger partial charge in [0.2, 0.25) is 17.8 Å². The largest absolute Gasteiger partial charge is 0.497 e. The molecular formula is C25H26BrN7O3. The Morgan fingerprint density at radius 2 is 1.81 bits per heavy atom. The molecule has 186 valence electrons. The summed E-state index contributed by atoms with van der Waals surface area (Å²) in [7, 11) is 1.62. The summed E-state index contributed by atoms with van der Waals surface area (Å²) in [5, 5.41) is 10.6. The highest BCUT2D eigenvalue weighted by Gasteiger charge is 2.09. The molecule has 2 aromatic heterocycles. The van der Waals surface area contributed by atoms with Crippen molar-refractivity contribution in [3.8, 4) is 11.5 Å². The number of halogens is 1. The molecule has 4 aromatic rings. The van der Waals surface area contributed by atoms with Crippen LogP contribution in [-0.2, 0) is 6.54 Å². The lowest BCUT2D eigenvalue weighted by molar-refractivity contribution is 0.242. The molecule has 0 fully saturated rings. The third-order valence-electron chi connectivity index (χ3n) is 4.69. The van der Waals surface area contributed by atoms with Gasteiger partial charge < -0.3 is 24.5 Å². The van der Waals surface area contributed by atoms with Crippen LogP contribution in [0.2, 0.25) is 0 Å². The SMILES string of the molecule is COc1ccc(Nc2nc(NCc3ccco3)nc(N/N=C\c3cc(Br)ccc3OC(C)C)n2)cc1. The lowest BCUT2D eigenvalue weighted by Gasteiger charge is -2.12. The Morgan fingerprint density at radius 3 is 2.53 bits per heavy atom. The van der Waals surface area contributed by atoms with Gasteiger partial charge in [-0.05, 0) is 68.4 Å². The van der Waals surface area contributed by atoms with Gasteiger partial charge in [0.15, 0.2) is 0 Å². The molecule has 0 aliphatic rings. The van der Waals surface area contributed by atoms with Gasteiger partial charge in [0.1, 0.15) is 17.3 Å². The maximum absolute atomic E-state index is 5.87. The standard InChI is InChI=1S/C25H26BrN7O3/c1-16(2)36-22-11-6-18(26)13-17(22)14-28-33-25-31-23(27-15-21-5-4-12-35-21)30-24(32-25)29-19-7-9-20(34-3)10-8-19/h4-14,16H,15H2,1-3H3,(H3,27,29,30,31,32,33)/b28-14-. The van der Waals surface area contributed by atoms with E-state index in [1.807, 2.05) is 68.4 Å². The molecule has 0 aliphatic carbocycles. The minimum Gasteiger partial charge on any atom is -0.497 e. The van der Waals surface area contributed by atoms with Crippen molar-refractivity contribution in [2.24, 2.45) is 5.10 Å². The lowest BCUT2D eigenvalue weighted by atomic mass is 10.2. The fourth-order valence-corrected chi connectivity index (χ4v) is 3.46. The minimum atomic E-state index is 0.0317. The van der Waals surface area contributed by atoms with E-state index in [1.54, 1.807) is 19.6 Å². The molecule has 0 amide bonds. The van der Waals surface area contributed by atoms with E-state index in [2.05, 4.69) is 52.0 Å². The molecule has 0 saturated heterocycles. The summed E-state index contributed by atoms with van der Waals surface area (Å²) in [6.07, 6.45) is 3.30. The van der Waals surface area contributed by atoms with Crippen molar-refractivity contribution in [3.05, 3.63) is 76.7 Å². The molecule has 11 heteroatoms. The van der Waals surface area contributed by atoms with Crippen LogP contribution in [0.25, 0.3) is 0 Å². The topological polar surface area (TPSA) is 119 Å². The fraction of sp³-hybridized carbons (Fsp3) is 0.200. The van der Waals surface area contributed by atoms with Gasteiger partial charge in [-0.15, -0.1) is 0 Å². The third-order valence-corrected chi connectivity index (χ3v) is 5.18. The highest BCUT2D eigenvalue weighted by atomic mass is 79.9. The summed E-state index contributed by atoms with van der Waals surface area (Å²) in [5.74, 6) is 3.15. The molecule has 0 saturated carbocycles. The van der Waals surface area contributed by atoms with E-state index in [1.165, 1.54) is 0 Å². The van der Waals surface area contributed by atoms with E-state index >= 15 is 0 Å². The van der Waals surface area contributed by atoms with Gasteiger partial charge in [-0.2, -0.15) is 20.1 Å². The molecule has 0 spiro atoms. The van der Waals surface area contributed by atoms with Gasteiger partial charge in [0.05, 0.1) is 32.2 Å². The third kappa shape index (κ3) is 7.19. The van der Waals surface area contributed by atoms with Crippen LogP contribution in [0.1, 0.15) is 25.2 Å². The molecule has 0 unspecified atom stereocenters.